The van der Waals surface area contributed by atoms with Crippen molar-refractivity contribution in [3.05, 3.63) is 0 Å². The van der Waals surface area contributed by atoms with E-state index < -0.39 is 5.60 Å². The normalized spacial score (nSPS) is 19.4. The van der Waals surface area contributed by atoms with Crippen LogP contribution in [0.5, 0.6) is 0 Å². The summed E-state index contributed by atoms with van der Waals surface area (Å²) in [5.74, 6) is -0.399. The van der Waals surface area contributed by atoms with E-state index in [9.17, 15) is 9.59 Å². The minimum atomic E-state index is -0.503. The van der Waals surface area contributed by atoms with Gasteiger partial charge in [-0.05, 0) is 33.6 Å². The summed E-state index contributed by atoms with van der Waals surface area (Å²) in [4.78, 5) is 25.2. The molecule has 1 aliphatic heterocycles. The molecule has 0 radical (unpaired) electrons. The van der Waals surface area contributed by atoms with Gasteiger partial charge in [-0.2, -0.15) is 0 Å². The number of likely N-dealkylation sites (tertiary alicyclic amines) is 1. The van der Waals surface area contributed by atoms with Crippen molar-refractivity contribution < 1.29 is 19.1 Å². The van der Waals surface area contributed by atoms with Crippen LogP contribution in [0.3, 0.4) is 0 Å². The molecule has 0 N–H and O–H groups in total. The number of hydrogen-bond donors (Lipinski definition) is 0. The summed E-state index contributed by atoms with van der Waals surface area (Å²) in [6, 6.07) is 0. The number of carbonyl (C=O) groups is 2. The molecule has 1 atom stereocenters. The Hall–Kier alpha value is -1.26. The lowest BCUT2D eigenvalue weighted by molar-refractivity contribution is -0.148. The molecule has 0 aromatic carbocycles. The summed E-state index contributed by atoms with van der Waals surface area (Å²) >= 11 is 0. The van der Waals surface area contributed by atoms with Crippen LogP contribution in [0.25, 0.3) is 0 Å². The van der Waals surface area contributed by atoms with Gasteiger partial charge in [0, 0.05) is 13.1 Å². The first-order chi connectivity index (χ1) is 8.83. The van der Waals surface area contributed by atoms with Crippen LogP contribution in [-0.2, 0) is 14.3 Å². The summed E-state index contributed by atoms with van der Waals surface area (Å²) < 4.78 is 10.5. The zero-order chi connectivity index (χ0) is 14.5. The van der Waals surface area contributed by atoms with Gasteiger partial charge in [0.15, 0.2) is 0 Å². The van der Waals surface area contributed by atoms with Crippen molar-refractivity contribution in [2.45, 2.75) is 52.6 Å². The number of amides is 1. The fourth-order valence-corrected chi connectivity index (χ4v) is 1.88. The lowest BCUT2D eigenvalue weighted by atomic mass is 10.1. The van der Waals surface area contributed by atoms with Crippen molar-refractivity contribution in [3.8, 4) is 0 Å². The van der Waals surface area contributed by atoms with E-state index in [1.165, 1.54) is 0 Å². The molecule has 1 amide bonds. The lowest BCUT2D eigenvalue weighted by Crippen LogP contribution is -2.36. The number of nitrogens with zero attached hydrogens (tertiary/aromatic N) is 1. The summed E-state index contributed by atoms with van der Waals surface area (Å²) in [5, 5.41) is 0. The quantitative estimate of drug-likeness (QED) is 0.582. The highest BCUT2D eigenvalue weighted by molar-refractivity contribution is 5.75. The first-order valence-corrected chi connectivity index (χ1v) is 6.98. The third-order valence-corrected chi connectivity index (χ3v) is 2.92. The SMILES string of the molecule is CCCCOC(=O)C1CCN(C(=O)OC(C)(C)C)C1. The van der Waals surface area contributed by atoms with Gasteiger partial charge in [0.25, 0.3) is 0 Å². The van der Waals surface area contributed by atoms with E-state index in [4.69, 9.17) is 9.47 Å². The predicted octanol–water partition coefficient (Wildman–Crippen LogP) is 2.59. The van der Waals surface area contributed by atoms with Crippen molar-refractivity contribution in [2.24, 2.45) is 5.92 Å². The van der Waals surface area contributed by atoms with E-state index in [0.717, 1.165) is 12.8 Å². The average Bonchev–Trinajstić information content (AvgIpc) is 2.76. The van der Waals surface area contributed by atoms with Gasteiger partial charge >= 0.3 is 12.1 Å². The minimum Gasteiger partial charge on any atom is -0.465 e. The molecular formula is C14H25NO4. The Kier molecular flexibility index (Phi) is 5.63. The molecule has 0 bridgehead atoms. The Bertz CT molecular complexity index is 322. The maximum Gasteiger partial charge on any atom is 0.410 e. The third-order valence-electron chi connectivity index (χ3n) is 2.92. The van der Waals surface area contributed by atoms with Crippen molar-refractivity contribution in [3.63, 3.8) is 0 Å². The van der Waals surface area contributed by atoms with Gasteiger partial charge in [0.1, 0.15) is 5.60 Å². The Morgan fingerprint density at radius 2 is 2.00 bits per heavy atom. The van der Waals surface area contributed by atoms with Gasteiger partial charge in [0.2, 0.25) is 0 Å². The van der Waals surface area contributed by atoms with Crippen LogP contribution in [0.1, 0.15) is 47.0 Å². The molecule has 5 heteroatoms. The van der Waals surface area contributed by atoms with Crippen LogP contribution >= 0.6 is 0 Å². The standard InChI is InChI=1S/C14H25NO4/c1-5-6-9-18-12(16)11-7-8-15(10-11)13(17)19-14(2,3)4/h11H,5-10H2,1-4H3. The highest BCUT2D eigenvalue weighted by Gasteiger charge is 2.34. The van der Waals surface area contributed by atoms with Gasteiger partial charge in [0.05, 0.1) is 12.5 Å². The number of hydrogen-bond acceptors (Lipinski definition) is 4. The average molecular weight is 271 g/mol. The lowest BCUT2D eigenvalue weighted by Gasteiger charge is -2.24. The van der Waals surface area contributed by atoms with Crippen LogP contribution in [0, 0.1) is 5.92 Å². The fourth-order valence-electron chi connectivity index (χ4n) is 1.88. The molecule has 0 spiro atoms. The monoisotopic (exact) mass is 271 g/mol. The molecule has 19 heavy (non-hydrogen) atoms. The van der Waals surface area contributed by atoms with Gasteiger partial charge in [-0.15, -0.1) is 0 Å². The van der Waals surface area contributed by atoms with E-state index in [1.54, 1.807) is 4.90 Å². The zero-order valence-corrected chi connectivity index (χ0v) is 12.4. The Labute approximate surface area is 115 Å². The second-order valence-electron chi connectivity index (χ2n) is 5.93. The van der Waals surface area contributed by atoms with Gasteiger partial charge in [-0.3, -0.25) is 4.79 Å². The van der Waals surface area contributed by atoms with Crippen LogP contribution < -0.4 is 0 Å². The van der Waals surface area contributed by atoms with Crippen LogP contribution in [0.4, 0.5) is 4.79 Å². The molecule has 0 aromatic heterocycles. The van der Waals surface area contributed by atoms with Crippen LogP contribution in [0.2, 0.25) is 0 Å². The first-order valence-electron chi connectivity index (χ1n) is 6.98. The van der Waals surface area contributed by atoms with E-state index in [2.05, 4.69) is 0 Å². The summed E-state index contributed by atoms with van der Waals surface area (Å²) in [5.41, 5.74) is -0.503. The van der Waals surface area contributed by atoms with Crippen molar-refractivity contribution >= 4 is 12.1 Å². The molecule has 1 saturated heterocycles. The number of ether oxygens (including phenoxy) is 2. The zero-order valence-electron chi connectivity index (χ0n) is 12.4. The van der Waals surface area contributed by atoms with Crippen LogP contribution in [-0.4, -0.2) is 42.3 Å². The van der Waals surface area contributed by atoms with Crippen molar-refractivity contribution in [1.29, 1.82) is 0 Å². The molecule has 1 fully saturated rings. The molecule has 1 rings (SSSR count). The van der Waals surface area contributed by atoms with E-state index in [-0.39, 0.29) is 18.0 Å². The van der Waals surface area contributed by atoms with Crippen molar-refractivity contribution in [1.82, 2.24) is 4.90 Å². The molecule has 110 valence electrons. The second kappa shape index (κ2) is 6.78. The Morgan fingerprint density at radius 3 is 2.58 bits per heavy atom. The van der Waals surface area contributed by atoms with Gasteiger partial charge < -0.3 is 14.4 Å². The molecule has 0 aliphatic carbocycles. The van der Waals surface area contributed by atoms with E-state index in [1.807, 2.05) is 27.7 Å². The third kappa shape index (κ3) is 5.49. The van der Waals surface area contributed by atoms with E-state index in [0.29, 0.717) is 26.1 Å². The van der Waals surface area contributed by atoms with Gasteiger partial charge in [-0.1, -0.05) is 13.3 Å². The molecule has 1 aliphatic rings. The molecule has 0 saturated carbocycles. The maximum absolute atomic E-state index is 11.8. The smallest absolute Gasteiger partial charge is 0.410 e. The molecular weight excluding hydrogens is 246 g/mol. The minimum absolute atomic E-state index is 0.195. The van der Waals surface area contributed by atoms with E-state index >= 15 is 0 Å². The fraction of sp³-hybridized carbons (Fsp3) is 0.857. The first kappa shape index (κ1) is 15.8. The van der Waals surface area contributed by atoms with Crippen molar-refractivity contribution in [2.75, 3.05) is 19.7 Å². The summed E-state index contributed by atoms with van der Waals surface area (Å²) in [6.07, 6.45) is 2.19. The summed E-state index contributed by atoms with van der Waals surface area (Å²) in [6.45, 7) is 8.97. The molecule has 1 heterocycles. The number of rotatable bonds is 4. The highest BCUT2D eigenvalue weighted by atomic mass is 16.6. The number of esters is 1. The molecule has 5 nitrogen and oxygen atoms in total. The Balaban J connectivity index is 2.36. The van der Waals surface area contributed by atoms with Crippen LogP contribution in [0.15, 0.2) is 0 Å². The predicted molar refractivity (Wildman–Crippen MR) is 71.8 cm³/mol. The second-order valence-corrected chi connectivity index (χ2v) is 5.93. The molecule has 0 aromatic rings. The summed E-state index contributed by atoms with van der Waals surface area (Å²) in [7, 11) is 0. The largest absolute Gasteiger partial charge is 0.465 e. The van der Waals surface area contributed by atoms with Gasteiger partial charge in [-0.25, -0.2) is 4.79 Å². The maximum atomic E-state index is 11.8. The molecule has 1 unspecified atom stereocenters. The number of carbonyl (C=O) groups excluding carboxylic acids is 2. The highest BCUT2D eigenvalue weighted by Crippen LogP contribution is 2.20. The Morgan fingerprint density at radius 1 is 1.32 bits per heavy atom. The topological polar surface area (TPSA) is 55.8 Å². The number of unbranched alkanes of at least 4 members (excludes halogenated alkanes) is 1.